The first kappa shape index (κ1) is 24.1. The zero-order chi connectivity index (χ0) is 24.7. The van der Waals surface area contributed by atoms with Gasteiger partial charge in [0.25, 0.3) is 5.88 Å². The van der Waals surface area contributed by atoms with Crippen molar-refractivity contribution in [1.82, 2.24) is 15.3 Å². The van der Waals surface area contributed by atoms with E-state index in [9.17, 15) is 4.79 Å². The standard InChI is InChI=1S/C29H35N5O2/c1-22-13-18-33(19-14-22)25-11-9-23(10-12-25)20-32-28(35)24-6-5-17-34(21-24)27-29(31-16-15-30-27)36-26-7-3-2-4-8-26/h2-4,7-12,15-16,22,24H,5-6,13-14,17-21H2,1H3,(H,32,35). The number of rotatable bonds is 7. The number of piperidine rings is 2. The Morgan fingerprint density at radius 3 is 2.47 bits per heavy atom. The quantitative estimate of drug-likeness (QED) is 0.506. The van der Waals surface area contributed by atoms with Gasteiger partial charge >= 0.3 is 0 Å². The first-order chi connectivity index (χ1) is 17.7. The number of hydrogen-bond donors (Lipinski definition) is 1. The summed E-state index contributed by atoms with van der Waals surface area (Å²) in [5, 5.41) is 3.15. The van der Waals surface area contributed by atoms with Crippen LogP contribution in [0.5, 0.6) is 11.6 Å². The lowest BCUT2D eigenvalue weighted by atomic mass is 9.97. The van der Waals surface area contributed by atoms with Crippen LogP contribution in [0.2, 0.25) is 0 Å². The number of nitrogens with zero attached hydrogens (tertiary/aromatic N) is 4. The van der Waals surface area contributed by atoms with Gasteiger partial charge in [-0.05, 0) is 61.4 Å². The van der Waals surface area contributed by atoms with Crippen LogP contribution in [-0.4, -0.2) is 42.1 Å². The highest BCUT2D eigenvalue weighted by Crippen LogP contribution is 2.31. The SMILES string of the molecule is CC1CCN(c2ccc(CNC(=O)C3CCCN(c4nccnc4Oc4ccccc4)C3)cc2)CC1. The summed E-state index contributed by atoms with van der Waals surface area (Å²) in [5.74, 6) is 2.67. The molecule has 36 heavy (non-hydrogen) atoms. The van der Waals surface area contributed by atoms with Crippen LogP contribution in [0, 0.1) is 11.8 Å². The highest BCUT2D eigenvalue weighted by molar-refractivity contribution is 5.79. The summed E-state index contributed by atoms with van der Waals surface area (Å²) in [6.45, 7) is 6.55. The number of aromatic nitrogens is 2. The Morgan fingerprint density at radius 1 is 0.944 bits per heavy atom. The molecule has 0 bridgehead atoms. The molecule has 1 aromatic heterocycles. The lowest BCUT2D eigenvalue weighted by Crippen LogP contribution is -2.43. The van der Waals surface area contributed by atoms with Crippen LogP contribution in [0.15, 0.2) is 67.0 Å². The number of para-hydroxylation sites is 1. The van der Waals surface area contributed by atoms with E-state index in [1.54, 1.807) is 12.4 Å². The molecular weight excluding hydrogens is 450 g/mol. The van der Waals surface area contributed by atoms with Crippen molar-refractivity contribution in [1.29, 1.82) is 0 Å². The number of carbonyl (C=O) groups excluding carboxylic acids is 1. The van der Waals surface area contributed by atoms with Gasteiger partial charge in [0.1, 0.15) is 5.75 Å². The summed E-state index contributed by atoms with van der Waals surface area (Å²) < 4.78 is 6.00. The normalized spacial score (nSPS) is 18.6. The maximum absolute atomic E-state index is 13.1. The molecule has 7 nitrogen and oxygen atoms in total. The molecule has 188 valence electrons. The van der Waals surface area contributed by atoms with Crippen molar-refractivity contribution in [2.24, 2.45) is 11.8 Å². The molecule has 0 spiro atoms. The Kier molecular flexibility index (Phi) is 7.64. The van der Waals surface area contributed by atoms with Crippen molar-refractivity contribution in [3.8, 4) is 11.6 Å². The molecule has 3 aromatic rings. The summed E-state index contributed by atoms with van der Waals surface area (Å²) in [6.07, 6.45) is 7.60. The molecule has 2 aliphatic heterocycles. The van der Waals surface area contributed by atoms with Crippen molar-refractivity contribution < 1.29 is 9.53 Å². The number of nitrogens with one attached hydrogen (secondary N) is 1. The van der Waals surface area contributed by atoms with Crippen molar-refractivity contribution in [3.05, 3.63) is 72.6 Å². The van der Waals surface area contributed by atoms with Gasteiger partial charge in [-0.3, -0.25) is 4.79 Å². The largest absolute Gasteiger partial charge is 0.436 e. The summed E-state index contributed by atoms with van der Waals surface area (Å²) in [5.41, 5.74) is 2.40. The first-order valence-corrected chi connectivity index (χ1v) is 13.1. The van der Waals surface area contributed by atoms with Crippen LogP contribution < -0.4 is 19.9 Å². The highest BCUT2D eigenvalue weighted by Gasteiger charge is 2.28. The molecule has 2 aromatic carbocycles. The van der Waals surface area contributed by atoms with E-state index in [1.165, 1.54) is 18.5 Å². The third-order valence-electron chi connectivity index (χ3n) is 7.25. The van der Waals surface area contributed by atoms with Crippen LogP contribution in [0.1, 0.15) is 38.2 Å². The second-order valence-electron chi connectivity index (χ2n) is 9.94. The van der Waals surface area contributed by atoms with Crippen LogP contribution in [0.25, 0.3) is 0 Å². The van der Waals surface area contributed by atoms with Crippen molar-refractivity contribution in [3.63, 3.8) is 0 Å². The Bertz CT molecular complexity index is 1130. The minimum atomic E-state index is -0.0973. The Labute approximate surface area is 213 Å². The average Bonchev–Trinajstić information content (AvgIpc) is 2.93. The van der Waals surface area contributed by atoms with E-state index in [1.807, 2.05) is 30.3 Å². The number of anilines is 2. The number of hydrogen-bond acceptors (Lipinski definition) is 6. The van der Waals surface area contributed by atoms with E-state index in [4.69, 9.17) is 4.74 Å². The van der Waals surface area contributed by atoms with Crippen molar-refractivity contribution in [2.75, 3.05) is 36.0 Å². The highest BCUT2D eigenvalue weighted by atomic mass is 16.5. The van der Waals surface area contributed by atoms with E-state index in [0.29, 0.717) is 30.5 Å². The minimum absolute atomic E-state index is 0.0863. The van der Waals surface area contributed by atoms with Gasteiger partial charge in [-0.15, -0.1) is 0 Å². The smallest absolute Gasteiger partial charge is 0.263 e. The van der Waals surface area contributed by atoms with Crippen molar-refractivity contribution >= 4 is 17.4 Å². The molecule has 1 unspecified atom stereocenters. The van der Waals surface area contributed by atoms with E-state index in [0.717, 1.165) is 44.0 Å². The maximum atomic E-state index is 13.1. The molecule has 1 amide bonds. The van der Waals surface area contributed by atoms with Gasteiger partial charge in [0, 0.05) is 50.8 Å². The molecule has 1 atom stereocenters. The third-order valence-corrected chi connectivity index (χ3v) is 7.25. The van der Waals surface area contributed by atoms with E-state index >= 15 is 0 Å². The predicted octanol–water partition coefficient (Wildman–Crippen LogP) is 5.04. The zero-order valence-corrected chi connectivity index (χ0v) is 21.0. The summed E-state index contributed by atoms with van der Waals surface area (Å²) >= 11 is 0. The van der Waals surface area contributed by atoms with Gasteiger partial charge < -0.3 is 19.9 Å². The van der Waals surface area contributed by atoms with Gasteiger partial charge in [-0.25, -0.2) is 9.97 Å². The molecule has 1 N–H and O–H groups in total. The molecule has 2 saturated heterocycles. The predicted molar refractivity (Wildman–Crippen MR) is 142 cm³/mol. The molecule has 0 aliphatic carbocycles. The van der Waals surface area contributed by atoms with Gasteiger partial charge in [0.2, 0.25) is 5.91 Å². The van der Waals surface area contributed by atoms with Crippen LogP contribution in [-0.2, 0) is 11.3 Å². The average molecular weight is 486 g/mol. The van der Waals surface area contributed by atoms with Crippen LogP contribution >= 0.6 is 0 Å². The molecule has 2 fully saturated rings. The molecule has 2 aliphatic rings. The van der Waals surface area contributed by atoms with Crippen molar-refractivity contribution in [2.45, 2.75) is 39.2 Å². The summed E-state index contributed by atoms with van der Waals surface area (Å²) in [7, 11) is 0. The topological polar surface area (TPSA) is 70.6 Å². The number of amides is 1. The summed E-state index contributed by atoms with van der Waals surface area (Å²) in [4.78, 5) is 26.6. The monoisotopic (exact) mass is 485 g/mol. The lowest BCUT2D eigenvalue weighted by molar-refractivity contribution is -0.125. The lowest BCUT2D eigenvalue weighted by Gasteiger charge is -2.33. The Balaban J connectivity index is 1.17. The van der Waals surface area contributed by atoms with E-state index in [-0.39, 0.29) is 11.8 Å². The zero-order valence-electron chi connectivity index (χ0n) is 21.0. The number of carbonyl (C=O) groups is 1. The first-order valence-electron chi connectivity index (χ1n) is 13.1. The summed E-state index contributed by atoms with van der Waals surface area (Å²) in [6, 6.07) is 18.2. The Morgan fingerprint density at radius 2 is 1.69 bits per heavy atom. The van der Waals surface area contributed by atoms with E-state index < -0.39 is 0 Å². The molecular formula is C29H35N5O2. The van der Waals surface area contributed by atoms with Crippen LogP contribution in [0.3, 0.4) is 0 Å². The Hall–Kier alpha value is -3.61. The molecule has 0 saturated carbocycles. The third kappa shape index (κ3) is 5.96. The fourth-order valence-electron chi connectivity index (χ4n) is 5.02. The van der Waals surface area contributed by atoms with Gasteiger partial charge in [-0.1, -0.05) is 37.3 Å². The van der Waals surface area contributed by atoms with E-state index in [2.05, 4.69) is 56.3 Å². The molecule has 5 rings (SSSR count). The molecule has 7 heteroatoms. The van der Waals surface area contributed by atoms with Gasteiger partial charge in [0.15, 0.2) is 5.82 Å². The fourth-order valence-corrected chi connectivity index (χ4v) is 5.02. The number of ether oxygens (including phenoxy) is 1. The number of benzene rings is 2. The second-order valence-corrected chi connectivity index (χ2v) is 9.94. The molecule has 0 radical (unpaired) electrons. The van der Waals surface area contributed by atoms with Crippen LogP contribution in [0.4, 0.5) is 11.5 Å². The van der Waals surface area contributed by atoms with Gasteiger partial charge in [-0.2, -0.15) is 0 Å². The maximum Gasteiger partial charge on any atom is 0.263 e. The van der Waals surface area contributed by atoms with Gasteiger partial charge in [0.05, 0.1) is 5.92 Å². The minimum Gasteiger partial charge on any atom is -0.436 e. The fraction of sp³-hybridized carbons (Fsp3) is 0.414. The molecule has 3 heterocycles. The second kappa shape index (κ2) is 11.4.